The van der Waals surface area contributed by atoms with Crippen molar-refractivity contribution in [1.82, 2.24) is 4.90 Å². The minimum absolute atomic E-state index is 0.0584. The van der Waals surface area contributed by atoms with E-state index in [-0.39, 0.29) is 42.5 Å². The van der Waals surface area contributed by atoms with Gasteiger partial charge in [0.25, 0.3) is 0 Å². The Balaban J connectivity index is 1.50. The molecule has 1 unspecified atom stereocenters. The molecule has 0 bridgehead atoms. The number of fused-ring (bicyclic) bond motifs is 1. The summed E-state index contributed by atoms with van der Waals surface area (Å²) >= 11 is 0. The molecule has 12 heteroatoms. The van der Waals surface area contributed by atoms with E-state index in [4.69, 9.17) is 9.47 Å². The zero-order valence-electron chi connectivity index (χ0n) is 22.8. The van der Waals surface area contributed by atoms with Gasteiger partial charge in [-0.05, 0) is 79.6 Å². The van der Waals surface area contributed by atoms with Gasteiger partial charge in [0.2, 0.25) is 0 Å². The summed E-state index contributed by atoms with van der Waals surface area (Å²) in [5.41, 5.74) is -1.29. The smallest absolute Gasteiger partial charge is 0.373 e. The van der Waals surface area contributed by atoms with Gasteiger partial charge in [-0.15, -0.1) is 0 Å². The molecule has 1 N–H and O–H groups in total. The zero-order valence-corrected chi connectivity index (χ0v) is 22.8. The van der Waals surface area contributed by atoms with Gasteiger partial charge in [-0.2, -0.15) is 26.3 Å². The molecule has 0 spiro atoms. The average Bonchev–Trinajstić information content (AvgIpc) is 3.24. The molecule has 2 heterocycles. The second-order valence-electron chi connectivity index (χ2n) is 11.2. The van der Waals surface area contributed by atoms with Crippen molar-refractivity contribution in [2.24, 2.45) is 11.8 Å². The first-order chi connectivity index (χ1) is 19.6. The summed E-state index contributed by atoms with van der Waals surface area (Å²) < 4.78 is 107. The molecule has 1 saturated heterocycles. The Bertz CT molecular complexity index is 1340. The highest BCUT2D eigenvalue weighted by molar-refractivity contribution is 5.92. The molecule has 2 aromatic rings. The molecule has 6 atom stereocenters. The summed E-state index contributed by atoms with van der Waals surface area (Å²) in [6.45, 7) is 3.49. The standard InChI is InChI=1S/C30H30F7NO4/c1-15-7-20(31)3-4-23(15)27-25-12-38(21-11-22(39)14-41-13-21)28(40)24(25)5-6-26(27)42-16(2)17-8-18(29(32,33)34)10-19(9-17)30(35,36)37/h3-4,7-11,16,24-28,40H,5-6,12-14H2,1-2H3/t16-,24+,25-,26+,27+,28?/m1/s1. The monoisotopic (exact) mass is 601 g/mol. The largest absolute Gasteiger partial charge is 0.416 e. The van der Waals surface area contributed by atoms with Gasteiger partial charge >= 0.3 is 12.4 Å². The summed E-state index contributed by atoms with van der Waals surface area (Å²) in [6.07, 6.45) is -10.5. The molecule has 0 aromatic heterocycles. The van der Waals surface area contributed by atoms with Crippen LogP contribution in [0.3, 0.4) is 0 Å². The summed E-state index contributed by atoms with van der Waals surface area (Å²) in [7, 11) is 0. The third-order valence-electron chi connectivity index (χ3n) is 8.55. The van der Waals surface area contributed by atoms with Crippen LogP contribution in [0.25, 0.3) is 0 Å². The maximum atomic E-state index is 14.1. The second kappa shape index (κ2) is 11.3. The van der Waals surface area contributed by atoms with Crippen molar-refractivity contribution in [2.45, 2.75) is 63.4 Å². The van der Waals surface area contributed by atoms with E-state index in [2.05, 4.69) is 0 Å². The molecule has 2 fully saturated rings. The van der Waals surface area contributed by atoms with E-state index in [0.29, 0.717) is 48.3 Å². The van der Waals surface area contributed by atoms with E-state index in [1.54, 1.807) is 17.9 Å². The SMILES string of the molecule is Cc1cc(F)ccc1[C@H]1[C@@H]2CN(C3=CC(=O)COC3)C(O)[C@H]2CC[C@@H]1O[C@H](C)c1cc(C(F)(F)F)cc(C(F)(F)F)c1. The number of benzene rings is 2. The normalized spacial score (nSPS) is 27.6. The van der Waals surface area contributed by atoms with Crippen LogP contribution in [0, 0.1) is 24.6 Å². The second-order valence-corrected chi connectivity index (χ2v) is 11.2. The van der Waals surface area contributed by atoms with Crippen molar-refractivity contribution in [3.63, 3.8) is 0 Å². The fraction of sp³-hybridized carbons (Fsp3) is 0.500. The number of carbonyl (C=O) groups excluding carboxylic acids is 1. The first kappa shape index (κ1) is 30.5. The Kier molecular flexibility index (Phi) is 8.19. The van der Waals surface area contributed by atoms with Crippen molar-refractivity contribution < 1.29 is 50.1 Å². The highest BCUT2D eigenvalue weighted by atomic mass is 19.4. The van der Waals surface area contributed by atoms with Crippen molar-refractivity contribution >= 4 is 5.78 Å². The fourth-order valence-electron chi connectivity index (χ4n) is 6.61. The fourth-order valence-corrected chi connectivity index (χ4v) is 6.61. The first-order valence-electron chi connectivity index (χ1n) is 13.6. The van der Waals surface area contributed by atoms with Crippen LogP contribution in [0.2, 0.25) is 0 Å². The van der Waals surface area contributed by atoms with Crippen LogP contribution in [0.1, 0.15) is 59.6 Å². The van der Waals surface area contributed by atoms with Crippen LogP contribution in [-0.2, 0) is 26.6 Å². The van der Waals surface area contributed by atoms with Crippen LogP contribution >= 0.6 is 0 Å². The molecule has 5 rings (SSSR count). The number of hydrogen-bond donors (Lipinski definition) is 1. The average molecular weight is 602 g/mol. The number of alkyl halides is 6. The number of rotatable bonds is 5. The number of likely N-dealkylation sites (tertiary alicyclic amines) is 1. The number of nitrogens with zero attached hydrogens (tertiary/aromatic N) is 1. The van der Waals surface area contributed by atoms with Crippen LogP contribution in [0.5, 0.6) is 0 Å². The molecule has 1 saturated carbocycles. The molecule has 1 aliphatic carbocycles. The molecular weight excluding hydrogens is 571 g/mol. The number of aryl methyl sites for hydroxylation is 1. The lowest BCUT2D eigenvalue weighted by Gasteiger charge is -2.41. The van der Waals surface area contributed by atoms with E-state index >= 15 is 0 Å². The zero-order chi connectivity index (χ0) is 30.6. The number of carbonyl (C=O) groups is 1. The van der Waals surface area contributed by atoms with Crippen LogP contribution in [-0.4, -0.2) is 47.9 Å². The Hall–Kier alpha value is -2.96. The van der Waals surface area contributed by atoms with E-state index in [1.807, 2.05) is 0 Å². The molecule has 0 amide bonds. The van der Waals surface area contributed by atoms with Crippen molar-refractivity contribution in [2.75, 3.05) is 19.8 Å². The maximum Gasteiger partial charge on any atom is 0.416 e. The number of hydrogen-bond acceptors (Lipinski definition) is 5. The summed E-state index contributed by atoms with van der Waals surface area (Å²) in [6, 6.07) is 5.64. The third-order valence-corrected chi connectivity index (χ3v) is 8.55. The van der Waals surface area contributed by atoms with Gasteiger partial charge in [0.05, 0.1) is 29.9 Å². The lowest BCUT2D eigenvalue weighted by molar-refractivity contribution is -0.143. The van der Waals surface area contributed by atoms with Crippen molar-refractivity contribution in [3.05, 3.63) is 81.8 Å². The number of aliphatic hydroxyl groups is 1. The molecule has 42 heavy (non-hydrogen) atoms. The minimum Gasteiger partial charge on any atom is -0.373 e. The Morgan fingerprint density at radius 1 is 0.976 bits per heavy atom. The molecular formula is C30H30F7NO4. The van der Waals surface area contributed by atoms with Crippen LogP contribution < -0.4 is 0 Å². The van der Waals surface area contributed by atoms with E-state index < -0.39 is 53.7 Å². The van der Waals surface area contributed by atoms with Gasteiger partial charge in [-0.1, -0.05) is 6.07 Å². The Morgan fingerprint density at radius 3 is 2.24 bits per heavy atom. The number of halogens is 7. The summed E-state index contributed by atoms with van der Waals surface area (Å²) in [5.74, 6) is -1.73. The highest BCUT2D eigenvalue weighted by Crippen LogP contribution is 2.51. The summed E-state index contributed by atoms with van der Waals surface area (Å²) in [5, 5.41) is 11.3. The van der Waals surface area contributed by atoms with Crippen molar-refractivity contribution in [3.8, 4) is 0 Å². The summed E-state index contributed by atoms with van der Waals surface area (Å²) in [4.78, 5) is 13.7. The minimum atomic E-state index is -5.00. The molecule has 228 valence electrons. The Morgan fingerprint density at radius 2 is 1.64 bits per heavy atom. The predicted octanol–water partition coefficient (Wildman–Crippen LogP) is 6.55. The quantitative estimate of drug-likeness (QED) is 0.395. The van der Waals surface area contributed by atoms with Gasteiger partial charge < -0.3 is 19.5 Å². The number of ether oxygens (including phenoxy) is 2. The van der Waals surface area contributed by atoms with Crippen LogP contribution in [0.4, 0.5) is 30.7 Å². The highest BCUT2D eigenvalue weighted by Gasteiger charge is 2.51. The third kappa shape index (κ3) is 6.07. The van der Waals surface area contributed by atoms with E-state index in [0.717, 1.165) is 0 Å². The van der Waals surface area contributed by atoms with Crippen molar-refractivity contribution in [1.29, 1.82) is 0 Å². The topological polar surface area (TPSA) is 59.0 Å². The molecule has 2 aromatic carbocycles. The van der Waals surface area contributed by atoms with E-state index in [9.17, 15) is 40.6 Å². The molecule has 2 aliphatic heterocycles. The predicted molar refractivity (Wildman–Crippen MR) is 136 cm³/mol. The maximum absolute atomic E-state index is 14.1. The van der Waals surface area contributed by atoms with Gasteiger partial charge in [0.15, 0.2) is 5.78 Å². The Labute approximate surface area is 237 Å². The van der Waals surface area contributed by atoms with Crippen LogP contribution in [0.15, 0.2) is 48.2 Å². The lowest BCUT2D eigenvalue weighted by atomic mass is 9.68. The first-order valence-corrected chi connectivity index (χ1v) is 13.6. The van der Waals surface area contributed by atoms with Gasteiger partial charge in [0.1, 0.15) is 18.7 Å². The molecule has 3 aliphatic rings. The molecule has 0 radical (unpaired) electrons. The number of ketones is 1. The van der Waals surface area contributed by atoms with Gasteiger partial charge in [-0.25, -0.2) is 4.39 Å². The molecule has 5 nitrogen and oxygen atoms in total. The lowest BCUT2D eigenvalue weighted by Crippen LogP contribution is -2.40. The number of aliphatic hydroxyl groups excluding tert-OH is 1. The van der Waals surface area contributed by atoms with Gasteiger partial charge in [0, 0.05) is 30.2 Å². The van der Waals surface area contributed by atoms with Gasteiger partial charge in [-0.3, -0.25) is 4.79 Å². The van der Waals surface area contributed by atoms with E-state index in [1.165, 1.54) is 25.1 Å².